The molecule has 0 bridgehead atoms. The summed E-state index contributed by atoms with van der Waals surface area (Å²) in [6, 6.07) is 6.26. The van der Waals surface area contributed by atoms with Gasteiger partial charge in [-0.25, -0.2) is 0 Å². The lowest BCUT2D eigenvalue weighted by Gasteiger charge is -2.04. The number of rotatable bonds is 3. The smallest absolute Gasteiger partial charge is 0.0830 e. The molecule has 0 aliphatic heterocycles. The normalized spacial score (nSPS) is 11.4. The lowest BCUT2D eigenvalue weighted by atomic mass is 10.0. The predicted molar refractivity (Wildman–Crippen MR) is 61.9 cm³/mol. The molecule has 0 aliphatic rings. The van der Waals surface area contributed by atoms with Gasteiger partial charge in [0.1, 0.15) is 0 Å². The first-order chi connectivity index (χ1) is 6.79. The van der Waals surface area contributed by atoms with E-state index in [0.29, 0.717) is 0 Å². The lowest BCUT2D eigenvalue weighted by molar-refractivity contribution is 0.341. The number of ether oxygens (including phenoxy) is 1. The molecular weight excluding hydrogens is 172 g/mol. The van der Waals surface area contributed by atoms with Crippen molar-refractivity contribution >= 4 is 12.2 Å². The van der Waals surface area contributed by atoms with Gasteiger partial charge in [0.2, 0.25) is 0 Å². The molecule has 0 spiro atoms. The molecule has 0 saturated carbocycles. The zero-order chi connectivity index (χ0) is 10.4. The zero-order valence-electron chi connectivity index (χ0n) is 8.95. The van der Waals surface area contributed by atoms with Crippen molar-refractivity contribution in [2.24, 2.45) is 0 Å². The third kappa shape index (κ3) is 2.49. The predicted octanol–water partition coefficient (Wildman–Crippen LogP) is 3.65. The van der Waals surface area contributed by atoms with Gasteiger partial charge in [-0.2, -0.15) is 0 Å². The van der Waals surface area contributed by atoms with Crippen LogP contribution >= 0.6 is 0 Å². The van der Waals surface area contributed by atoms with Gasteiger partial charge < -0.3 is 4.74 Å². The van der Waals surface area contributed by atoms with E-state index in [1.165, 1.54) is 16.7 Å². The number of methoxy groups -OCH3 is 1. The monoisotopic (exact) mass is 188 g/mol. The minimum atomic E-state index is 1.22. The van der Waals surface area contributed by atoms with Crippen LogP contribution in [-0.4, -0.2) is 7.11 Å². The van der Waals surface area contributed by atoms with Crippen molar-refractivity contribution in [3.8, 4) is 0 Å². The molecule has 0 amide bonds. The molecule has 0 saturated heterocycles. The number of benzene rings is 1. The highest BCUT2D eigenvalue weighted by atomic mass is 16.5. The Balaban J connectivity index is 3.15. The van der Waals surface area contributed by atoms with Crippen LogP contribution in [0.4, 0.5) is 0 Å². The van der Waals surface area contributed by atoms with Crippen LogP contribution in [0.15, 0.2) is 30.5 Å². The second-order valence-corrected chi connectivity index (χ2v) is 3.12. The molecule has 0 aliphatic carbocycles. The fraction of sp³-hybridized carbons (Fsp3) is 0.231. The van der Waals surface area contributed by atoms with E-state index in [4.69, 9.17) is 4.74 Å². The van der Waals surface area contributed by atoms with Crippen LogP contribution in [0, 0.1) is 6.92 Å². The molecule has 0 heterocycles. The van der Waals surface area contributed by atoms with Crippen molar-refractivity contribution < 1.29 is 4.74 Å². The fourth-order valence-corrected chi connectivity index (χ4v) is 1.39. The van der Waals surface area contributed by atoms with Gasteiger partial charge >= 0.3 is 0 Å². The standard InChI is InChI=1S/C13H16O/c1-4-6-12-8-5-7-11(2)13(12)9-10-14-3/h4-10H,1-3H3/b6-4-,10-9+. The van der Waals surface area contributed by atoms with Crippen molar-refractivity contribution in [2.45, 2.75) is 13.8 Å². The topological polar surface area (TPSA) is 9.23 Å². The van der Waals surface area contributed by atoms with E-state index in [0.717, 1.165) is 0 Å². The number of allylic oxidation sites excluding steroid dienone is 1. The molecular formula is C13H16O. The van der Waals surface area contributed by atoms with Crippen molar-refractivity contribution in [3.05, 3.63) is 47.2 Å². The van der Waals surface area contributed by atoms with Gasteiger partial charge in [-0.05, 0) is 36.6 Å². The van der Waals surface area contributed by atoms with Crippen molar-refractivity contribution in [1.82, 2.24) is 0 Å². The van der Waals surface area contributed by atoms with Gasteiger partial charge in [0.05, 0.1) is 13.4 Å². The summed E-state index contributed by atoms with van der Waals surface area (Å²) in [5.74, 6) is 0. The van der Waals surface area contributed by atoms with Gasteiger partial charge in [0.15, 0.2) is 0 Å². The second-order valence-electron chi connectivity index (χ2n) is 3.12. The maximum atomic E-state index is 4.93. The molecule has 74 valence electrons. The molecule has 0 unspecified atom stereocenters. The highest BCUT2D eigenvalue weighted by Gasteiger charge is 1.98. The first-order valence-electron chi connectivity index (χ1n) is 4.71. The van der Waals surface area contributed by atoms with Crippen LogP contribution < -0.4 is 0 Å². The molecule has 1 nitrogen and oxygen atoms in total. The van der Waals surface area contributed by atoms with Gasteiger partial charge in [-0.1, -0.05) is 30.4 Å². The Kier molecular flexibility index (Phi) is 3.99. The van der Waals surface area contributed by atoms with Gasteiger partial charge in [0, 0.05) is 0 Å². The number of hydrogen-bond acceptors (Lipinski definition) is 1. The van der Waals surface area contributed by atoms with Crippen LogP contribution in [0.1, 0.15) is 23.6 Å². The van der Waals surface area contributed by atoms with Crippen LogP contribution in [0.3, 0.4) is 0 Å². The quantitative estimate of drug-likeness (QED) is 0.658. The Morgan fingerprint density at radius 2 is 2.00 bits per heavy atom. The molecule has 0 N–H and O–H groups in total. The van der Waals surface area contributed by atoms with Crippen LogP contribution in [0.25, 0.3) is 12.2 Å². The van der Waals surface area contributed by atoms with Crippen molar-refractivity contribution in [2.75, 3.05) is 7.11 Å². The van der Waals surface area contributed by atoms with Crippen molar-refractivity contribution in [3.63, 3.8) is 0 Å². The first-order valence-corrected chi connectivity index (χ1v) is 4.71. The molecule has 1 heteroatoms. The van der Waals surface area contributed by atoms with E-state index in [-0.39, 0.29) is 0 Å². The fourth-order valence-electron chi connectivity index (χ4n) is 1.39. The van der Waals surface area contributed by atoms with Gasteiger partial charge in [0.25, 0.3) is 0 Å². The highest BCUT2D eigenvalue weighted by Crippen LogP contribution is 2.17. The zero-order valence-corrected chi connectivity index (χ0v) is 8.95. The van der Waals surface area contributed by atoms with Gasteiger partial charge in [-0.3, -0.25) is 0 Å². The molecule has 1 aromatic rings. The Bertz CT molecular complexity index is 348. The maximum absolute atomic E-state index is 4.93. The Morgan fingerprint density at radius 1 is 1.21 bits per heavy atom. The van der Waals surface area contributed by atoms with E-state index in [2.05, 4.69) is 31.2 Å². The van der Waals surface area contributed by atoms with E-state index in [9.17, 15) is 0 Å². The summed E-state index contributed by atoms with van der Waals surface area (Å²) in [5, 5.41) is 0. The summed E-state index contributed by atoms with van der Waals surface area (Å²) >= 11 is 0. The summed E-state index contributed by atoms with van der Waals surface area (Å²) in [4.78, 5) is 0. The molecule has 14 heavy (non-hydrogen) atoms. The van der Waals surface area contributed by atoms with E-state index in [1.807, 2.05) is 19.1 Å². The third-order valence-corrected chi connectivity index (χ3v) is 2.07. The summed E-state index contributed by atoms with van der Waals surface area (Å²) in [7, 11) is 1.66. The molecule has 0 fully saturated rings. The van der Waals surface area contributed by atoms with Crippen molar-refractivity contribution in [1.29, 1.82) is 0 Å². The Morgan fingerprint density at radius 3 is 2.64 bits per heavy atom. The summed E-state index contributed by atoms with van der Waals surface area (Å²) in [6.45, 7) is 4.12. The minimum absolute atomic E-state index is 1.22. The average Bonchev–Trinajstić information content (AvgIpc) is 2.18. The molecule has 0 aromatic heterocycles. The molecule has 0 atom stereocenters. The van der Waals surface area contributed by atoms with E-state index >= 15 is 0 Å². The second kappa shape index (κ2) is 5.28. The number of aryl methyl sites for hydroxylation is 1. The summed E-state index contributed by atoms with van der Waals surface area (Å²) in [5.41, 5.74) is 3.70. The highest BCUT2D eigenvalue weighted by molar-refractivity contribution is 5.67. The molecule has 1 aromatic carbocycles. The first kappa shape index (κ1) is 10.6. The minimum Gasteiger partial charge on any atom is -0.504 e. The lowest BCUT2D eigenvalue weighted by Crippen LogP contribution is -1.85. The number of hydrogen-bond donors (Lipinski definition) is 0. The summed E-state index contributed by atoms with van der Waals surface area (Å²) in [6.07, 6.45) is 7.83. The Hall–Kier alpha value is -1.50. The summed E-state index contributed by atoms with van der Waals surface area (Å²) < 4.78 is 4.93. The van der Waals surface area contributed by atoms with Crippen LogP contribution in [0.5, 0.6) is 0 Å². The van der Waals surface area contributed by atoms with E-state index < -0.39 is 0 Å². The van der Waals surface area contributed by atoms with Crippen LogP contribution in [0.2, 0.25) is 0 Å². The Labute approximate surface area is 85.7 Å². The van der Waals surface area contributed by atoms with Crippen LogP contribution in [-0.2, 0) is 4.74 Å². The molecule has 1 rings (SSSR count). The molecule has 0 radical (unpaired) electrons. The maximum Gasteiger partial charge on any atom is 0.0830 e. The third-order valence-electron chi connectivity index (χ3n) is 2.07. The SMILES string of the molecule is C/C=C\c1cccc(C)c1/C=C/OC. The largest absolute Gasteiger partial charge is 0.504 e. The van der Waals surface area contributed by atoms with E-state index in [1.54, 1.807) is 13.4 Å². The van der Waals surface area contributed by atoms with Gasteiger partial charge in [-0.15, -0.1) is 0 Å². The average molecular weight is 188 g/mol.